The van der Waals surface area contributed by atoms with Gasteiger partial charge in [-0.3, -0.25) is 16.0 Å². The lowest BCUT2D eigenvalue weighted by Gasteiger charge is -2.21. The summed E-state index contributed by atoms with van der Waals surface area (Å²) in [7, 11) is 0. The van der Waals surface area contributed by atoms with Crippen molar-refractivity contribution < 1.29 is 19.1 Å². The van der Waals surface area contributed by atoms with Gasteiger partial charge in [-0.15, -0.1) is 0 Å². The average molecular weight is 520 g/mol. The summed E-state index contributed by atoms with van der Waals surface area (Å²) >= 11 is 0. The van der Waals surface area contributed by atoms with Gasteiger partial charge in [-0.2, -0.15) is 0 Å². The van der Waals surface area contributed by atoms with Crippen LogP contribution in [0.4, 0.5) is 21.0 Å². The minimum absolute atomic E-state index is 0.401. The number of allylic oxidation sites excluding steroid dienone is 4. The molecule has 0 aliphatic heterocycles. The van der Waals surface area contributed by atoms with E-state index >= 15 is 0 Å². The van der Waals surface area contributed by atoms with E-state index in [1.807, 2.05) is 65.0 Å². The van der Waals surface area contributed by atoms with Gasteiger partial charge in [0.05, 0.1) is 5.71 Å². The molecule has 0 fully saturated rings. The maximum Gasteiger partial charge on any atom is 0.412 e. The number of anilines is 2. The third kappa shape index (κ3) is 9.54. The molecule has 0 heterocycles. The number of rotatable bonds is 5. The molecule has 3 rings (SSSR count). The number of hydrogen-bond acceptors (Lipinski definition) is 5. The molecular weight excluding hydrogens is 478 g/mol. The van der Waals surface area contributed by atoms with Crippen molar-refractivity contribution in [3.63, 3.8) is 0 Å². The number of hydrogen-bond donors (Lipinski definition) is 3. The first kappa shape index (κ1) is 30.4. The van der Waals surface area contributed by atoms with Crippen LogP contribution in [0.25, 0.3) is 11.1 Å². The van der Waals surface area contributed by atoms with E-state index in [9.17, 15) is 9.59 Å². The first-order chi connectivity index (χ1) is 17.8. The molecule has 0 bridgehead atoms. The zero-order valence-corrected chi connectivity index (χ0v) is 23.8. The first-order valence-electron chi connectivity index (χ1n) is 13.0. The lowest BCUT2D eigenvalue weighted by Crippen LogP contribution is -2.27. The molecule has 0 atom stereocenters. The summed E-state index contributed by atoms with van der Waals surface area (Å²) in [5.41, 5.74) is 3.68. The third-order valence-electron chi connectivity index (χ3n) is 5.11. The molecule has 2 amide bonds. The lowest BCUT2D eigenvalue weighted by atomic mass is 9.89. The predicted octanol–water partition coefficient (Wildman–Crippen LogP) is 8.72. The van der Waals surface area contributed by atoms with Crippen molar-refractivity contribution >= 4 is 29.3 Å². The molecule has 2 aromatic rings. The quantitative estimate of drug-likeness (QED) is 0.344. The van der Waals surface area contributed by atoms with Crippen molar-refractivity contribution in [2.75, 3.05) is 10.6 Å². The monoisotopic (exact) mass is 519 g/mol. The van der Waals surface area contributed by atoms with E-state index in [0.29, 0.717) is 22.6 Å². The first-order valence-corrected chi connectivity index (χ1v) is 13.0. The molecular formula is C31H41N3O4. The lowest BCUT2D eigenvalue weighted by molar-refractivity contribution is 0.0624. The number of amides is 2. The summed E-state index contributed by atoms with van der Waals surface area (Å²) in [5.74, 6) is 0. The van der Waals surface area contributed by atoms with Crippen LogP contribution in [0.3, 0.4) is 0 Å². The number of ether oxygens (including phenoxy) is 2. The molecule has 38 heavy (non-hydrogen) atoms. The highest BCUT2D eigenvalue weighted by atomic mass is 16.6. The van der Waals surface area contributed by atoms with Crippen LogP contribution in [0.2, 0.25) is 0 Å². The van der Waals surface area contributed by atoms with E-state index in [4.69, 9.17) is 14.9 Å². The Morgan fingerprint density at radius 2 is 1.34 bits per heavy atom. The Morgan fingerprint density at radius 3 is 1.84 bits per heavy atom. The fourth-order valence-electron chi connectivity index (χ4n) is 3.64. The zero-order valence-electron chi connectivity index (χ0n) is 23.8. The summed E-state index contributed by atoms with van der Waals surface area (Å²) in [4.78, 5) is 24.4. The molecule has 7 heteroatoms. The van der Waals surface area contributed by atoms with Gasteiger partial charge in [0.2, 0.25) is 0 Å². The molecule has 7 nitrogen and oxygen atoms in total. The molecule has 3 N–H and O–H groups in total. The molecule has 0 aromatic heterocycles. The Morgan fingerprint density at radius 1 is 0.816 bits per heavy atom. The SMILES string of the molecule is CC.CC(C)(C)OC(=O)Nc1ccc(-c2ccc(NC(=O)OC(C)(C)C)cc2C(=N)C2=CC=CCC2)cc1. The highest BCUT2D eigenvalue weighted by Gasteiger charge is 2.20. The van der Waals surface area contributed by atoms with Gasteiger partial charge in [0.15, 0.2) is 0 Å². The standard InChI is InChI=1S/C29H35N3O4.C2H6/c1-28(2,3)35-26(33)31-21-14-12-19(13-15-21)23-17-16-22(32-27(34)36-29(4,5)6)18-24(23)25(30)20-10-8-7-9-11-20;1-2/h7-8,10,12-18,30H,9,11H2,1-6H3,(H,31,33)(H,32,34);1-2H3. The van der Waals surface area contributed by atoms with Crippen LogP contribution in [-0.2, 0) is 9.47 Å². The second kappa shape index (κ2) is 13.1. The maximum absolute atomic E-state index is 12.3. The Kier molecular flexibility index (Phi) is 10.5. The Labute approximate surface area is 226 Å². The minimum atomic E-state index is -0.617. The molecule has 0 saturated heterocycles. The summed E-state index contributed by atoms with van der Waals surface area (Å²) in [6, 6.07) is 12.8. The van der Waals surface area contributed by atoms with Crippen molar-refractivity contribution in [2.45, 2.75) is 79.4 Å². The fourth-order valence-corrected chi connectivity index (χ4v) is 3.64. The summed E-state index contributed by atoms with van der Waals surface area (Å²) < 4.78 is 10.7. The predicted molar refractivity (Wildman–Crippen MR) is 156 cm³/mol. The molecule has 1 aliphatic rings. The van der Waals surface area contributed by atoms with E-state index < -0.39 is 23.4 Å². The van der Waals surface area contributed by atoms with E-state index in [0.717, 1.165) is 29.5 Å². The van der Waals surface area contributed by atoms with Gasteiger partial charge in [0.25, 0.3) is 0 Å². The Balaban J connectivity index is 0.00000247. The number of nitrogens with one attached hydrogen (secondary N) is 3. The molecule has 0 saturated carbocycles. The zero-order chi connectivity index (χ0) is 28.5. The topological polar surface area (TPSA) is 101 Å². The van der Waals surface area contributed by atoms with Crippen LogP contribution in [-0.4, -0.2) is 29.1 Å². The van der Waals surface area contributed by atoms with Gasteiger partial charge in [-0.05, 0) is 95.3 Å². The average Bonchev–Trinajstić information content (AvgIpc) is 2.83. The van der Waals surface area contributed by atoms with Crippen LogP contribution in [0.1, 0.15) is 73.8 Å². The van der Waals surface area contributed by atoms with Crippen molar-refractivity contribution in [3.8, 4) is 11.1 Å². The maximum atomic E-state index is 12.3. The Bertz CT molecular complexity index is 1200. The second-order valence-corrected chi connectivity index (χ2v) is 10.6. The van der Waals surface area contributed by atoms with E-state index in [-0.39, 0.29) is 0 Å². The van der Waals surface area contributed by atoms with Gasteiger partial charge in [-0.1, -0.05) is 50.3 Å². The Hall–Kier alpha value is -3.87. The third-order valence-corrected chi connectivity index (χ3v) is 5.11. The summed E-state index contributed by atoms with van der Waals surface area (Å²) in [6.07, 6.45) is 6.58. The molecule has 0 spiro atoms. The van der Waals surface area contributed by atoms with Crippen LogP contribution < -0.4 is 10.6 Å². The van der Waals surface area contributed by atoms with Gasteiger partial charge in [0.1, 0.15) is 11.2 Å². The van der Waals surface area contributed by atoms with E-state index in [1.165, 1.54) is 0 Å². The summed E-state index contributed by atoms with van der Waals surface area (Å²) in [6.45, 7) is 14.9. The number of benzene rings is 2. The molecule has 1 aliphatic carbocycles. The molecule has 2 aromatic carbocycles. The van der Waals surface area contributed by atoms with Gasteiger partial charge in [-0.25, -0.2) is 9.59 Å². The van der Waals surface area contributed by atoms with Crippen LogP contribution >= 0.6 is 0 Å². The van der Waals surface area contributed by atoms with Gasteiger partial charge >= 0.3 is 12.2 Å². The van der Waals surface area contributed by atoms with E-state index in [2.05, 4.69) is 16.7 Å². The van der Waals surface area contributed by atoms with Crippen LogP contribution in [0.15, 0.2) is 66.3 Å². The van der Waals surface area contributed by atoms with Gasteiger partial charge in [0, 0.05) is 16.9 Å². The van der Waals surface area contributed by atoms with Crippen LogP contribution in [0.5, 0.6) is 0 Å². The van der Waals surface area contributed by atoms with E-state index in [1.54, 1.807) is 45.0 Å². The number of carbonyl (C=O) groups excluding carboxylic acids is 2. The normalized spacial score (nSPS) is 12.9. The smallest absolute Gasteiger partial charge is 0.412 e. The molecule has 0 radical (unpaired) electrons. The minimum Gasteiger partial charge on any atom is -0.444 e. The summed E-state index contributed by atoms with van der Waals surface area (Å²) in [5, 5.41) is 14.4. The largest absolute Gasteiger partial charge is 0.444 e. The molecule has 0 unspecified atom stereocenters. The van der Waals surface area contributed by atoms with Gasteiger partial charge < -0.3 is 9.47 Å². The fraction of sp³-hybridized carbons (Fsp3) is 0.387. The van der Waals surface area contributed by atoms with Crippen molar-refractivity contribution in [1.82, 2.24) is 0 Å². The van der Waals surface area contributed by atoms with Crippen molar-refractivity contribution in [1.29, 1.82) is 5.41 Å². The highest BCUT2D eigenvalue weighted by Crippen LogP contribution is 2.31. The number of carbonyl (C=O) groups is 2. The van der Waals surface area contributed by atoms with Crippen molar-refractivity contribution in [3.05, 3.63) is 71.8 Å². The van der Waals surface area contributed by atoms with Crippen LogP contribution in [0, 0.1) is 5.41 Å². The molecule has 204 valence electrons. The highest BCUT2D eigenvalue weighted by molar-refractivity contribution is 6.15. The van der Waals surface area contributed by atoms with Crippen molar-refractivity contribution in [2.24, 2.45) is 0 Å². The second-order valence-electron chi connectivity index (χ2n) is 10.6.